The van der Waals surface area contributed by atoms with Gasteiger partial charge >= 0.3 is 0 Å². The second-order valence-electron chi connectivity index (χ2n) is 3.23. The number of anilines is 1. The number of aromatic nitrogens is 2. The number of benzene rings is 1. The summed E-state index contributed by atoms with van der Waals surface area (Å²) in [5, 5.41) is 13.8. The molecule has 0 unspecified atom stereocenters. The molecule has 0 amide bonds. The number of carboxylic acid groups (broad SMARTS) is 1. The molecule has 1 aromatic heterocycles. The molecule has 0 spiro atoms. The molecule has 1 aromatic carbocycles. The van der Waals surface area contributed by atoms with Crippen LogP contribution in [0.3, 0.4) is 0 Å². The summed E-state index contributed by atoms with van der Waals surface area (Å²) in [6.07, 6.45) is 1.37. The van der Waals surface area contributed by atoms with E-state index >= 15 is 0 Å². The Morgan fingerprint density at radius 1 is 1.35 bits per heavy atom. The Hall–Kier alpha value is -1.21. The number of halogens is 2. The van der Waals surface area contributed by atoms with Crippen molar-refractivity contribution in [2.45, 2.75) is 0 Å². The molecule has 5 nitrogen and oxygen atoms in total. The summed E-state index contributed by atoms with van der Waals surface area (Å²) in [6, 6.07) is 3.68. The quantitative estimate of drug-likeness (QED) is 0.894. The minimum atomic E-state index is -1.19. The van der Waals surface area contributed by atoms with Crippen LogP contribution < -0.4 is 10.4 Å². The Bertz CT molecular complexity index is 589. The lowest BCUT2D eigenvalue weighted by atomic mass is 10.2. The second-order valence-corrected chi connectivity index (χ2v) is 5.00. The van der Waals surface area contributed by atoms with Gasteiger partial charge in [0, 0.05) is 14.3 Å². The Morgan fingerprint density at radius 3 is 2.82 bits per heavy atom. The van der Waals surface area contributed by atoms with Crippen LogP contribution in [0.25, 0.3) is 10.9 Å². The predicted octanol–water partition coefficient (Wildman–Crippen LogP) is 1.32. The highest BCUT2D eigenvalue weighted by Gasteiger charge is 2.07. The molecule has 0 aliphatic carbocycles. The topological polar surface area (TPSA) is 77.9 Å². The largest absolute Gasteiger partial charge is 0.548 e. The van der Waals surface area contributed by atoms with E-state index in [0.717, 1.165) is 14.3 Å². The van der Waals surface area contributed by atoms with E-state index in [4.69, 9.17) is 0 Å². The van der Waals surface area contributed by atoms with Crippen LogP contribution in [0, 0.1) is 0 Å². The molecule has 1 heterocycles. The van der Waals surface area contributed by atoms with Gasteiger partial charge in [-0.25, -0.2) is 9.97 Å². The lowest BCUT2D eigenvalue weighted by Gasteiger charge is -2.09. The molecule has 17 heavy (non-hydrogen) atoms. The number of fused-ring (bicyclic) bond motifs is 1. The molecule has 7 heteroatoms. The maximum Gasteiger partial charge on any atom is 0.137 e. The Balaban J connectivity index is 2.52. The van der Waals surface area contributed by atoms with Crippen molar-refractivity contribution in [3.8, 4) is 0 Å². The van der Waals surface area contributed by atoms with Crippen LogP contribution >= 0.6 is 31.9 Å². The van der Waals surface area contributed by atoms with Crippen molar-refractivity contribution in [1.82, 2.24) is 9.97 Å². The van der Waals surface area contributed by atoms with E-state index in [1.54, 1.807) is 0 Å². The summed E-state index contributed by atoms with van der Waals surface area (Å²) in [5.74, 6) is -0.730. The van der Waals surface area contributed by atoms with Crippen LogP contribution in [0.1, 0.15) is 0 Å². The molecule has 0 bridgehead atoms. The number of rotatable bonds is 3. The lowest BCUT2D eigenvalue weighted by Crippen LogP contribution is -2.30. The van der Waals surface area contributed by atoms with E-state index in [0.29, 0.717) is 11.3 Å². The van der Waals surface area contributed by atoms with Crippen molar-refractivity contribution < 1.29 is 9.90 Å². The van der Waals surface area contributed by atoms with Gasteiger partial charge in [-0.1, -0.05) is 15.9 Å². The summed E-state index contributed by atoms with van der Waals surface area (Å²) in [5.41, 5.74) is 0.712. The average Bonchev–Trinajstić information content (AvgIpc) is 2.26. The Kier molecular flexibility index (Phi) is 3.58. The first-order valence-corrected chi connectivity index (χ1v) is 6.20. The molecule has 0 saturated heterocycles. The van der Waals surface area contributed by atoms with E-state index in [2.05, 4.69) is 47.1 Å². The molecular weight excluding hydrogens is 354 g/mol. The zero-order valence-corrected chi connectivity index (χ0v) is 11.6. The Labute approximate surface area is 114 Å². The van der Waals surface area contributed by atoms with Gasteiger partial charge in [0.2, 0.25) is 0 Å². The monoisotopic (exact) mass is 358 g/mol. The molecule has 0 aliphatic rings. The number of carbonyl (C=O) groups is 1. The first-order chi connectivity index (χ1) is 8.08. The lowest BCUT2D eigenvalue weighted by molar-refractivity contribution is -0.302. The van der Waals surface area contributed by atoms with Gasteiger partial charge < -0.3 is 15.2 Å². The number of nitrogens with one attached hydrogen (secondary N) is 1. The molecule has 88 valence electrons. The van der Waals surface area contributed by atoms with Crippen LogP contribution in [-0.2, 0) is 4.79 Å². The van der Waals surface area contributed by atoms with Crippen molar-refractivity contribution in [2.24, 2.45) is 0 Å². The van der Waals surface area contributed by atoms with E-state index in [1.165, 1.54) is 6.33 Å². The molecule has 2 rings (SSSR count). The van der Waals surface area contributed by atoms with Crippen molar-refractivity contribution in [3.63, 3.8) is 0 Å². The van der Waals surface area contributed by atoms with Crippen LogP contribution in [-0.4, -0.2) is 22.5 Å². The molecule has 0 aliphatic heterocycles. The third kappa shape index (κ3) is 2.73. The number of hydrogen-bond acceptors (Lipinski definition) is 5. The highest BCUT2D eigenvalue weighted by atomic mass is 79.9. The van der Waals surface area contributed by atoms with Crippen LogP contribution in [0.2, 0.25) is 0 Å². The van der Waals surface area contributed by atoms with Crippen LogP contribution in [0.5, 0.6) is 0 Å². The standard InChI is InChI=1S/C10H7Br2N3O2/c11-5-1-6-9(7(12)2-5)14-4-15-10(6)13-3-8(16)17/h1-2,4H,3H2,(H,16,17)(H,13,14,15)/p-1. The summed E-state index contributed by atoms with van der Waals surface area (Å²) in [6.45, 7) is -0.295. The van der Waals surface area contributed by atoms with Gasteiger partial charge in [-0.05, 0) is 28.1 Å². The Morgan fingerprint density at radius 2 is 2.12 bits per heavy atom. The SMILES string of the molecule is O=C([O-])CNc1ncnc2c(Br)cc(Br)cc12. The zero-order chi connectivity index (χ0) is 12.4. The van der Waals surface area contributed by atoms with Gasteiger partial charge in [0.1, 0.15) is 12.1 Å². The van der Waals surface area contributed by atoms with Crippen LogP contribution in [0.15, 0.2) is 27.4 Å². The van der Waals surface area contributed by atoms with Gasteiger partial charge in [-0.15, -0.1) is 0 Å². The minimum Gasteiger partial charge on any atom is -0.548 e. The summed E-state index contributed by atoms with van der Waals surface area (Å²) >= 11 is 6.74. The van der Waals surface area contributed by atoms with Gasteiger partial charge in [0.15, 0.2) is 0 Å². The minimum absolute atomic E-state index is 0.295. The van der Waals surface area contributed by atoms with Gasteiger partial charge in [0.05, 0.1) is 18.0 Å². The fourth-order valence-corrected chi connectivity index (χ4v) is 2.72. The number of aliphatic carboxylic acids is 1. The smallest absolute Gasteiger partial charge is 0.137 e. The highest BCUT2D eigenvalue weighted by molar-refractivity contribution is 9.11. The van der Waals surface area contributed by atoms with E-state index in [-0.39, 0.29) is 6.54 Å². The van der Waals surface area contributed by atoms with Gasteiger partial charge in [0.25, 0.3) is 0 Å². The fraction of sp³-hybridized carbons (Fsp3) is 0.100. The number of hydrogen-bond donors (Lipinski definition) is 1. The van der Waals surface area contributed by atoms with Crippen molar-refractivity contribution >= 4 is 54.5 Å². The third-order valence-corrected chi connectivity index (χ3v) is 3.12. The molecule has 2 aromatic rings. The summed E-state index contributed by atoms with van der Waals surface area (Å²) < 4.78 is 1.66. The number of carboxylic acids is 1. The first kappa shape index (κ1) is 12.3. The average molecular weight is 360 g/mol. The predicted molar refractivity (Wildman–Crippen MR) is 68.4 cm³/mol. The van der Waals surface area contributed by atoms with Gasteiger partial charge in [-0.2, -0.15) is 0 Å². The number of carbonyl (C=O) groups excluding carboxylic acids is 1. The molecule has 0 fully saturated rings. The molecule has 0 radical (unpaired) electrons. The highest BCUT2D eigenvalue weighted by Crippen LogP contribution is 2.29. The van der Waals surface area contributed by atoms with Gasteiger partial charge in [-0.3, -0.25) is 0 Å². The normalized spacial score (nSPS) is 10.5. The molecular formula is C10H6Br2N3O2-. The molecule has 0 saturated carbocycles. The van der Waals surface area contributed by atoms with E-state index in [1.807, 2.05) is 12.1 Å². The first-order valence-electron chi connectivity index (χ1n) is 4.61. The zero-order valence-electron chi connectivity index (χ0n) is 8.41. The summed E-state index contributed by atoms with van der Waals surface area (Å²) in [7, 11) is 0. The van der Waals surface area contributed by atoms with Crippen LogP contribution in [0.4, 0.5) is 5.82 Å². The maximum absolute atomic E-state index is 10.4. The van der Waals surface area contributed by atoms with Crippen molar-refractivity contribution in [2.75, 3.05) is 11.9 Å². The molecule has 1 N–H and O–H groups in total. The second kappa shape index (κ2) is 4.97. The van der Waals surface area contributed by atoms with E-state index < -0.39 is 5.97 Å². The number of nitrogens with zero attached hydrogens (tertiary/aromatic N) is 2. The fourth-order valence-electron chi connectivity index (χ4n) is 1.39. The third-order valence-electron chi connectivity index (χ3n) is 2.06. The van der Waals surface area contributed by atoms with E-state index in [9.17, 15) is 9.90 Å². The van der Waals surface area contributed by atoms with Crippen molar-refractivity contribution in [3.05, 3.63) is 27.4 Å². The van der Waals surface area contributed by atoms with Crippen molar-refractivity contribution in [1.29, 1.82) is 0 Å². The molecule has 0 atom stereocenters. The maximum atomic E-state index is 10.4. The summed E-state index contributed by atoms with van der Waals surface area (Å²) in [4.78, 5) is 18.5.